The van der Waals surface area contributed by atoms with Crippen molar-refractivity contribution in [2.75, 3.05) is 19.8 Å². The van der Waals surface area contributed by atoms with Crippen molar-refractivity contribution in [2.24, 2.45) is 11.8 Å². The number of hydrogen-bond acceptors (Lipinski definition) is 5. The second-order valence-electron chi connectivity index (χ2n) is 7.50. The molecule has 2 aromatic carbocycles. The third-order valence-electron chi connectivity index (χ3n) is 5.45. The van der Waals surface area contributed by atoms with Crippen LogP contribution in [0.1, 0.15) is 38.7 Å². The lowest BCUT2D eigenvalue weighted by atomic mass is 9.82. The number of hydrogen-bond donors (Lipinski definition) is 0. The van der Waals surface area contributed by atoms with Gasteiger partial charge in [-0.1, -0.05) is 42.5 Å². The molecule has 5 nitrogen and oxygen atoms in total. The van der Waals surface area contributed by atoms with Gasteiger partial charge in [-0.3, -0.25) is 9.59 Å². The molecule has 0 saturated carbocycles. The molecule has 0 aromatic heterocycles. The Balaban J connectivity index is 1.89. The zero-order valence-corrected chi connectivity index (χ0v) is 17.3. The highest BCUT2D eigenvalue weighted by Gasteiger charge is 2.39. The van der Waals surface area contributed by atoms with Crippen molar-refractivity contribution in [3.8, 4) is 0 Å². The lowest BCUT2D eigenvalue weighted by molar-refractivity contribution is -0.165. The molecule has 0 radical (unpaired) electrons. The Morgan fingerprint density at radius 1 is 1.03 bits per heavy atom. The predicted octanol–water partition coefficient (Wildman–Crippen LogP) is 4.31. The maximum Gasteiger partial charge on any atom is 0.320 e. The Bertz CT molecular complexity index is 807. The first-order chi connectivity index (χ1) is 14.1. The van der Waals surface area contributed by atoms with Crippen LogP contribution in [0.15, 0.2) is 42.5 Å². The number of rotatable bonds is 9. The molecule has 1 aliphatic rings. The molecule has 1 unspecified atom stereocenters. The van der Waals surface area contributed by atoms with Gasteiger partial charge in [-0.2, -0.15) is 0 Å². The van der Waals surface area contributed by atoms with Gasteiger partial charge in [0, 0.05) is 6.61 Å². The third kappa shape index (κ3) is 5.57. The van der Waals surface area contributed by atoms with E-state index in [0.717, 1.165) is 30.4 Å². The molecule has 2 atom stereocenters. The second kappa shape index (κ2) is 10.4. The van der Waals surface area contributed by atoms with E-state index >= 15 is 0 Å². The molecule has 3 rings (SSSR count). The minimum absolute atomic E-state index is 0.0619. The summed E-state index contributed by atoms with van der Waals surface area (Å²) in [5, 5.41) is 2.31. The largest absolute Gasteiger partial charge is 0.465 e. The van der Waals surface area contributed by atoms with E-state index in [1.54, 1.807) is 13.8 Å². The SMILES string of the molecule is CCOC(=O)C(C(=O)OCC)[C@H](Cc1ccc2ccccc2c1)CC1CCCO1. The topological polar surface area (TPSA) is 61.8 Å². The van der Waals surface area contributed by atoms with Gasteiger partial charge in [0.15, 0.2) is 5.92 Å². The molecule has 1 aliphatic heterocycles. The molecular formula is C24H30O5. The van der Waals surface area contributed by atoms with Crippen LogP contribution in [0.3, 0.4) is 0 Å². The summed E-state index contributed by atoms with van der Waals surface area (Å²) in [5.41, 5.74) is 1.09. The summed E-state index contributed by atoms with van der Waals surface area (Å²) in [7, 11) is 0. The van der Waals surface area contributed by atoms with Crippen molar-refractivity contribution < 1.29 is 23.8 Å². The maximum absolute atomic E-state index is 12.7. The summed E-state index contributed by atoms with van der Waals surface area (Å²) in [6.45, 7) is 4.70. The van der Waals surface area contributed by atoms with Crippen molar-refractivity contribution in [3.63, 3.8) is 0 Å². The van der Waals surface area contributed by atoms with Gasteiger partial charge >= 0.3 is 11.9 Å². The molecule has 1 saturated heterocycles. The molecule has 2 aromatic rings. The van der Waals surface area contributed by atoms with Crippen LogP contribution < -0.4 is 0 Å². The van der Waals surface area contributed by atoms with E-state index in [0.29, 0.717) is 12.8 Å². The average molecular weight is 398 g/mol. The van der Waals surface area contributed by atoms with E-state index in [1.807, 2.05) is 12.1 Å². The van der Waals surface area contributed by atoms with E-state index < -0.39 is 17.9 Å². The van der Waals surface area contributed by atoms with E-state index in [1.165, 1.54) is 5.39 Å². The Morgan fingerprint density at radius 2 is 1.72 bits per heavy atom. The standard InChI is InChI=1S/C24H30O5/c1-3-27-23(25)22(24(26)28-4-2)20(16-21-10-7-13-29-21)15-17-11-12-18-8-5-6-9-19(18)14-17/h5-6,8-9,11-12,14,20-22H,3-4,7,10,13,15-16H2,1-2H3/t20-,21?/m1/s1. The predicted molar refractivity (Wildman–Crippen MR) is 111 cm³/mol. The Kier molecular flexibility index (Phi) is 7.64. The minimum Gasteiger partial charge on any atom is -0.465 e. The molecule has 29 heavy (non-hydrogen) atoms. The summed E-state index contributed by atoms with van der Waals surface area (Å²) in [6, 6.07) is 14.4. The summed E-state index contributed by atoms with van der Waals surface area (Å²) >= 11 is 0. The van der Waals surface area contributed by atoms with Crippen molar-refractivity contribution in [1.82, 2.24) is 0 Å². The highest BCUT2D eigenvalue weighted by molar-refractivity contribution is 5.95. The lowest BCUT2D eigenvalue weighted by Gasteiger charge is -2.26. The minimum atomic E-state index is -0.939. The van der Waals surface area contributed by atoms with Crippen LogP contribution in [0.25, 0.3) is 10.8 Å². The normalized spacial score (nSPS) is 17.4. The van der Waals surface area contributed by atoms with Crippen molar-refractivity contribution >= 4 is 22.7 Å². The number of benzene rings is 2. The zero-order chi connectivity index (χ0) is 20.6. The van der Waals surface area contributed by atoms with Gasteiger partial charge in [-0.25, -0.2) is 0 Å². The molecule has 1 heterocycles. The zero-order valence-electron chi connectivity index (χ0n) is 17.3. The van der Waals surface area contributed by atoms with Crippen LogP contribution in [0, 0.1) is 11.8 Å². The van der Waals surface area contributed by atoms with Gasteiger partial charge in [0.05, 0.1) is 19.3 Å². The van der Waals surface area contributed by atoms with E-state index in [2.05, 4.69) is 30.3 Å². The Hall–Kier alpha value is -2.40. The van der Waals surface area contributed by atoms with E-state index in [4.69, 9.17) is 14.2 Å². The monoisotopic (exact) mass is 398 g/mol. The Morgan fingerprint density at radius 3 is 2.34 bits per heavy atom. The van der Waals surface area contributed by atoms with Crippen LogP contribution in [0.2, 0.25) is 0 Å². The molecular weight excluding hydrogens is 368 g/mol. The van der Waals surface area contributed by atoms with Crippen molar-refractivity contribution in [3.05, 3.63) is 48.0 Å². The van der Waals surface area contributed by atoms with Gasteiger partial charge in [-0.15, -0.1) is 0 Å². The molecule has 0 aliphatic carbocycles. The number of fused-ring (bicyclic) bond motifs is 1. The number of carbonyl (C=O) groups excluding carboxylic acids is 2. The molecule has 156 valence electrons. The van der Waals surface area contributed by atoms with Gasteiger partial charge in [0.25, 0.3) is 0 Å². The molecule has 1 fully saturated rings. The van der Waals surface area contributed by atoms with Crippen molar-refractivity contribution in [2.45, 2.75) is 45.6 Å². The van der Waals surface area contributed by atoms with Gasteiger partial charge in [0.1, 0.15) is 0 Å². The molecule has 5 heteroatoms. The van der Waals surface area contributed by atoms with Crippen LogP contribution >= 0.6 is 0 Å². The number of esters is 2. The van der Waals surface area contributed by atoms with Gasteiger partial charge in [0.2, 0.25) is 0 Å². The first-order valence-electron chi connectivity index (χ1n) is 10.5. The van der Waals surface area contributed by atoms with Crippen LogP contribution in [-0.2, 0) is 30.2 Å². The Labute approximate surface area is 172 Å². The molecule has 0 bridgehead atoms. The number of carbonyl (C=O) groups is 2. The summed E-state index contributed by atoms with van der Waals surface area (Å²) < 4.78 is 16.3. The second-order valence-corrected chi connectivity index (χ2v) is 7.50. The summed E-state index contributed by atoms with van der Waals surface area (Å²) in [4.78, 5) is 25.4. The van der Waals surface area contributed by atoms with Crippen LogP contribution in [-0.4, -0.2) is 37.9 Å². The lowest BCUT2D eigenvalue weighted by Crippen LogP contribution is -2.37. The molecule has 0 amide bonds. The fraction of sp³-hybridized carbons (Fsp3) is 0.500. The fourth-order valence-corrected chi connectivity index (χ4v) is 4.12. The number of ether oxygens (including phenoxy) is 3. The first-order valence-corrected chi connectivity index (χ1v) is 10.5. The highest BCUT2D eigenvalue weighted by atomic mass is 16.6. The quantitative estimate of drug-likeness (QED) is 0.465. The average Bonchev–Trinajstić information content (AvgIpc) is 3.21. The van der Waals surface area contributed by atoms with Crippen LogP contribution in [0.4, 0.5) is 0 Å². The summed E-state index contributed by atoms with van der Waals surface area (Å²) in [6.07, 6.45) is 3.25. The third-order valence-corrected chi connectivity index (χ3v) is 5.45. The molecule has 0 spiro atoms. The fourth-order valence-electron chi connectivity index (χ4n) is 4.12. The van der Waals surface area contributed by atoms with Crippen molar-refractivity contribution in [1.29, 1.82) is 0 Å². The van der Waals surface area contributed by atoms with E-state index in [9.17, 15) is 9.59 Å². The maximum atomic E-state index is 12.7. The van der Waals surface area contributed by atoms with E-state index in [-0.39, 0.29) is 25.2 Å². The summed E-state index contributed by atoms with van der Waals surface area (Å²) in [5.74, 6) is -2.19. The highest BCUT2D eigenvalue weighted by Crippen LogP contribution is 2.30. The first kappa shape index (κ1) is 21.3. The smallest absolute Gasteiger partial charge is 0.320 e. The van der Waals surface area contributed by atoms with Gasteiger partial charge < -0.3 is 14.2 Å². The van der Waals surface area contributed by atoms with Gasteiger partial charge in [-0.05, 0) is 61.8 Å². The molecule has 0 N–H and O–H groups in total. The van der Waals surface area contributed by atoms with Crippen LogP contribution in [0.5, 0.6) is 0 Å².